The molecule has 0 spiro atoms. The lowest BCUT2D eigenvalue weighted by Crippen LogP contribution is -2.17. The Kier molecular flexibility index (Phi) is 5.35. The number of ether oxygens (including phenoxy) is 2. The molecule has 0 aliphatic rings. The first-order valence-electron chi connectivity index (χ1n) is 5.93. The van der Waals surface area contributed by atoms with Crippen LogP contribution < -0.4 is 9.47 Å². The first-order chi connectivity index (χ1) is 8.38. The van der Waals surface area contributed by atoms with Crippen LogP contribution in [0.4, 0.5) is 0 Å². The Morgan fingerprint density at radius 2 is 1.89 bits per heavy atom. The van der Waals surface area contributed by atoms with Gasteiger partial charge in [-0.1, -0.05) is 26.8 Å². The quantitative estimate of drug-likeness (QED) is 0.690. The van der Waals surface area contributed by atoms with E-state index in [-0.39, 0.29) is 10.8 Å². The molecule has 0 saturated heterocycles. The minimum absolute atomic E-state index is 0.00284. The monoisotopic (exact) mass is 334 g/mol. The summed E-state index contributed by atoms with van der Waals surface area (Å²) in [5.41, 5.74) is 0.988. The highest BCUT2D eigenvalue weighted by Gasteiger charge is 2.30. The summed E-state index contributed by atoms with van der Waals surface area (Å²) in [7, 11) is 3.28. The minimum Gasteiger partial charge on any atom is -0.495 e. The van der Waals surface area contributed by atoms with Crippen molar-refractivity contribution in [2.24, 2.45) is 5.41 Å². The second-order valence-corrected chi connectivity index (χ2v) is 6.14. The van der Waals surface area contributed by atoms with Crippen LogP contribution in [0.2, 0.25) is 0 Å². The molecule has 0 amide bonds. The molecular weight excluding hydrogens is 316 g/mol. The van der Waals surface area contributed by atoms with Crippen molar-refractivity contribution in [3.05, 3.63) is 22.2 Å². The summed E-state index contributed by atoms with van der Waals surface area (Å²) in [5, 5.41) is -0.111. The van der Waals surface area contributed by atoms with Crippen LogP contribution in [0.15, 0.2) is 16.6 Å². The summed E-state index contributed by atoms with van der Waals surface area (Å²) in [6.07, 6.45) is 0.994. The van der Waals surface area contributed by atoms with Crippen molar-refractivity contribution in [2.75, 3.05) is 14.2 Å². The van der Waals surface area contributed by atoms with Gasteiger partial charge in [0, 0.05) is 5.56 Å². The highest BCUT2D eigenvalue weighted by Crippen LogP contribution is 2.48. The SMILES string of the molecule is CCC(C)(C)C(Cl)c1ccc(OC)c(Br)c1OC. The summed E-state index contributed by atoms with van der Waals surface area (Å²) >= 11 is 10.1. The Morgan fingerprint density at radius 1 is 1.28 bits per heavy atom. The van der Waals surface area contributed by atoms with Gasteiger partial charge in [0.25, 0.3) is 0 Å². The largest absolute Gasteiger partial charge is 0.495 e. The topological polar surface area (TPSA) is 18.5 Å². The normalized spacial score (nSPS) is 13.3. The van der Waals surface area contributed by atoms with Gasteiger partial charge >= 0.3 is 0 Å². The fourth-order valence-corrected chi connectivity index (χ4v) is 2.73. The maximum atomic E-state index is 6.61. The first kappa shape index (κ1) is 15.6. The van der Waals surface area contributed by atoms with Crippen LogP contribution in [-0.4, -0.2) is 14.2 Å². The van der Waals surface area contributed by atoms with E-state index in [1.807, 2.05) is 12.1 Å². The van der Waals surface area contributed by atoms with Gasteiger partial charge in [0.15, 0.2) is 0 Å². The molecule has 0 aliphatic heterocycles. The zero-order valence-electron chi connectivity index (χ0n) is 11.5. The van der Waals surface area contributed by atoms with Crippen LogP contribution in [0.3, 0.4) is 0 Å². The van der Waals surface area contributed by atoms with E-state index in [4.69, 9.17) is 21.1 Å². The van der Waals surface area contributed by atoms with E-state index in [0.29, 0.717) is 0 Å². The molecule has 0 fully saturated rings. The van der Waals surface area contributed by atoms with Gasteiger partial charge in [0.2, 0.25) is 0 Å². The zero-order chi connectivity index (χ0) is 13.9. The van der Waals surface area contributed by atoms with Crippen molar-refractivity contribution < 1.29 is 9.47 Å². The van der Waals surface area contributed by atoms with Gasteiger partial charge in [0.05, 0.1) is 19.6 Å². The second kappa shape index (κ2) is 6.16. The average molecular weight is 336 g/mol. The highest BCUT2D eigenvalue weighted by atomic mass is 79.9. The van der Waals surface area contributed by atoms with Gasteiger partial charge in [-0.2, -0.15) is 0 Å². The standard InChI is InChI=1S/C14H20BrClO2/c1-6-14(2,3)13(16)9-7-8-10(17-4)11(15)12(9)18-5/h7-8,13H,6H2,1-5H3. The van der Waals surface area contributed by atoms with Crippen LogP contribution in [0, 0.1) is 5.41 Å². The fourth-order valence-electron chi connectivity index (χ4n) is 1.72. The number of alkyl halides is 1. The molecule has 1 unspecified atom stereocenters. The van der Waals surface area contributed by atoms with Crippen LogP contribution in [0.1, 0.15) is 38.1 Å². The van der Waals surface area contributed by atoms with Crippen LogP contribution in [-0.2, 0) is 0 Å². The molecular formula is C14H20BrClO2. The summed E-state index contributed by atoms with van der Waals surface area (Å²) < 4.78 is 11.5. The van der Waals surface area contributed by atoms with Crippen LogP contribution >= 0.6 is 27.5 Å². The molecule has 0 N–H and O–H groups in total. The minimum atomic E-state index is -0.111. The molecule has 1 rings (SSSR count). The zero-order valence-corrected chi connectivity index (χ0v) is 13.9. The molecule has 0 heterocycles. The van der Waals surface area contributed by atoms with Crippen molar-refractivity contribution in [2.45, 2.75) is 32.6 Å². The molecule has 1 aromatic rings. The number of hydrogen-bond acceptors (Lipinski definition) is 2. The van der Waals surface area contributed by atoms with Crippen molar-refractivity contribution in [1.82, 2.24) is 0 Å². The Labute approximate surface area is 123 Å². The van der Waals surface area contributed by atoms with E-state index in [0.717, 1.165) is 28.0 Å². The average Bonchev–Trinajstić information content (AvgIpc) is 2.37. The van der Waals surface area contributed by atoms with Crippen LogP contribution in [0.5, 0.6) is 11.5 Å². The summed E-state index contributed by atoms with van der Waals surface area (Å²) in [4.78, 5) is 0. The highest BCUT2D eigenvalue weighted by molar-refractivity contribution is 9.10. The maximum absolute atomic E-state index is 6.61. The fraction of sp³-hybridized carbons (Fsp3) is 0.571. The molecule has 1 atom stereocenters. The van der Waals surface area contributed by atoms with Gasteiger partial charge in [-0.05, 0) is 33.8 Å². The van der Waals surface area contributed by atoms with Gasteiger partial charge < -0.3 is 9.47 Å². The third-order valence-corrected chi connectivity index (χ3v) is 4.96. The number of hydrogen-bond donors (Lipinski definition) is 0. The molecule has 4 heteroatoms. The molecule has 2 nitrogen and oxygen atoms in total. The van der Waals surface area contributed by atoms with E-state index < -0.39 is 0 Å². The number of halogens is 2. The van der Waals surface area contributed by atoms with Crippen molar-refractivity contribution in [1.29, 1.82) is 0 Å². The first-order valence-corrected chi connectivity index (χ1v) is 7.16. The summed E-state index contributed by atoms with van der Waals surface area (Å²) in [5.74, 6) is 1.49. The molecule has 0 bridgehead atoms. The van der Waals surface area contributed by atoms with Gasteiger partial charge in [-0.3, -0.25) is 0 Å². The van der Waals surface area contributed by atoms with Gasteiger partial charge in [-0.15, -0.1) is 11.6 Å². The Morgan fingerprint density at radius 3 is 2.33 bits per heavy atom. The van der Waals surface area contributed by atoms with Gasteiger partial charge in [0.1, 0.15) is 16.0 Å². The third kappa shape index (κ3) is 2.94. The van der Waals surface area contributed by atoms with E-state index in [1.165, 1.54) is 0 Å². The molecule has 1 aromatic carbocycles. The van der Waals surface area contributed by atoms with Crippen molar-refractivity contribution >= 4 is 27.5 Å². The van der Waals surface area contributed by atoms with E-state index in [9.17, 15) is 0 Å². The van der Waals surface area contributed by atoms with Crippen molar-refractivity contribution in [3.8, 4) is 11.5 Å². The van der Waals surface area contributed by atoms with Gasteiger partial charge in [-0.25, -0.2) is 0 Å². The Bertz CT molecular complexity index is 419. The predicted molar refractivity (Wildman–Crippen MR) is 79.9 cm³/mol. The number of methoxy groups -OCH3 is 2. The predicted octanol–water partition coefficient (Wildman–Crippen LogP) is 5.18. The van der Waals surface area contributed by atoms with E-state index in [1.54, 1.807) is 14.2 Å². The Balaban J connectivity index is 3.29. The molecule has 18 heavy (non-hydrogen) atoms. The molecule has 102 valence electrons. The summed E-state index contributed by atoms with van der Waals surface area (Å²) in [6, 6.07) is 3.88. The van der Waals surface area contributed by atoms with E-state index >= 15 is 0 Å². The molecule has 0 radical (unpaired) electrons. The van der Waals surface area contributed by atoms with Crippen molar-refractivity contribution in [3.63, 3.8) is 0 Å². The lowest BCUT2D eigenvalue weighted by Gasteiger charge is -2.30. The van der Waals surface area contributed by atoms with E-state index in [2.05, 4.69) is 36.7 Å². The van der Waals surface area contributed by atoms with Crippen LogP contribution in [0.25, 0.3) is 0 Å². The summed E-state index contributed by atoms with van der Waals surface area (Å²) in [6.45, 7) is 6.45. The molecule has 0 saturated carbocycles. The smallest absolute Gasteiger partial charge is 0.141 e. The second-order valence-electron chi connectivity index (χ2n) is 4.91. The lowest BCUT2D eigenvalue weighted by molar-refractivity contribution is 0.323. The molecule has 0 aromatic heterocycles. The Hall–Kier alpha value is -0.410. The number of benzene rings is 1. The maximum Gasteiger partial charge on any atom is 0.141 e. The molecule has 0 aliphatic carbocycles. The number of rotatable bonds is 5. The lowest BCUT2D eigenvalue weighted by atomic mass is 9.82. The third-order valence-electron chi connectivity index (χ3n) is 3.39.